The average molecular weight is 495 g/mol. The second kappa shape index (κ2) is 9.23. The number of aromatic nitrogens is 4. The Balaban J connectivity index is 1.78. The molecule has 0 aliphatic carbocycles. The molecule has 34 heavy (non-hydrogen) atoms. The first-order chi connectivity index (χ1) is 15.7. The van der Waals surface area contributed by atoms with Gasteiger partial charge in [0.15, 0.2) is 11.6 Å². The molecule has 0 aliphatic heterocycles. The Morgan fingerprint density at radius 2 is 1.62 bits per heavy atom. The van der Waals surface area contributed by atoms with Gasteiger partial charge in [-0.05, 0) is 37.3 Å². The molecule has 1 aromatic carbocycles. The van der Waals surface area contributed by atoms with Crippen molar-refractivity contribution < 1.29 is 44.7 Å². The van der Waals surface area contributed by atoms with Gasteiger partial charge in [0.1, 0.15) is 12.1 Å². The fourth-order valence-corrected chi connectivity index (χ4v) is 2.70. The molecule has 1 unspecified atom stereocenters. The lowest BCUT2D eigenvalue weighted by Crippen LogP contribution is -2.28. The molecule has 0 fully saturated rings. The quantitative estimate of drug-likeness (QED) is 0.498. The Kier molecular flexibility index (Phi) is 6.74. The van der Waals surface area contributed by atoms with E-state index < -0.39 is 47.6 Å². The summed E-state index contributed by atoms with van der Waals surface area (Å²) in [5, 5.41) is 6.24. The number of alkyl halides is 8. The van der Waals surface area contributed by atoms with Crippen LogP contribution < -0.4 is 10.1 Å². The zero-order valence-electron chi connectivity index (χ0n) is 16.8. The summed E-state index contributed by atoms with van der Waals surface area (Å²) in [7, 11) is 0. The Morgan fingerprint density at radius 1 is 1.00 bits per heavy atom. The number of carbonyl (C=O) groups is 1. The van der Waals surface area contributed by atoms with Gasteiger partial charge in [-0.2, -0.15) is 35.1 Å². The fourth-order valence-electron chi connectivity index (χ4n) is 2.70. The molecule has 0 bridgehead atoms. The van der Waals surface area contributed by atoms with Crippen LogP contribution in [-0.4, -0.2) is 32.3 Å². The lowest BCUT2D eigenvalue weighted by Gasteiger charge is -2.15. The molecular formula is C19H13F8N5O2. The van der Waals surface area contributed by atoms with E-state index in [9.17, 15) is 39.9 Å². The monoisotopic (exact) mass is 495 g/mol. The van der Waals surface area contributed by atoms with Crippen LogP contribution in [0.4, 0.5) is 35.1 Å². The summed E-state index contributed by atoms with van der Waals surface area (Å²) in [4.78, 5) is 20.2. The van der Waals surface area contributed by atoms with E-state index in [-0.39, 0.29) is 23.5 Å². The highest BCUT2D eigenvalue weighted by Crippen LogP contribution is 2.36. The van der Waals surface area contributed by atoms with Crippen molar-refractivity contribution in [3.63, 3.8) is 0 Å². The Labute approximate surface area is 185 Å². The van der Waals surface area contributed by atoms with Crippen molar-refractivity contribution in [2.24, 2.45) is 0 Å². The molecule has 0 aliphatic rings. The van der Waals surface area contributed by atoms with Gasteiger partial charge in [0, 0.05) is 5.56 Å². The first-order valence-electron chi connectivity index (χ1n) is 9.17. The molecule has 0 spiro atoms. The van der Waals surface area contributed by atoms with Crippen LogP contribution in [0.15, 0.2) is 42.9 Å². The standard InChI is InChI=1S/C19H13F8N5O2/c1-9(15-29-8-32(31-15)14-3-2-13(7-28-14)34-17(20)21)30-16(33)10-4-11(18(22,23)24)6-12(5-10)19(25,26)27/h2-9,17H,1H3,(H,30,33). The van der Waals surface area contributed by atoms with E-state index in [1.54, 1.807) is 0 Å². The Hall–Kier alpha value is -3.78. The van der Waals surface area contributed by atoms with Crippen molar-refractivity contribution in [1.29, 1.82) is 0 Å². The minimum absolute atomic E-state index is 0.0499. The molecule has 15 heteroatoms. The Bertz CT molecular complexity index is 1130. The van der Waals surface area contributed by atoms with Crippen molar-refractivity contribution in [3.8, 4) is 11.6 Å². The molecule has 7 nitrogen and oxygen atoms in total. The second-order valence-electron chi connectivity index (χ2n) is 6.77. The topological polar surface area (TPSA) is 81.9 Å². The molecule has 182 valence electrons. The molecule has 1 N–H and O–H groups in total. The molecular weight excluding hydrogens is 482 g/mol. The lowest BCUT2D eigenvalue weighted by molar-refractivity contribution is -0.143. The minimum Gasteiger partial charge on any atom is -0.433 e. The maximum atomic E-state index is 13.0. The smallest absolute Gasteiger partial charge is 0.416 e. The van der Waals surface area contributed by atoms with Crippen LogP contribution in [-0.2, 0) is 12.4 Å². The number of benzene rings is 1. The first-order valence-corrected chi connectivity index (χ1v) is 9.17. The predicted octanol–water partition coefficient (Wildman–Crippen LogP) is 4.79. The van der Waals surface area contributed by atoms with Crippen LogP contribution in [0, 0.1) is 0 Å². The van der Waals surface area contributed by atoms with Crippen molar-refractivity contribution in [3.05, 3.63) is 65.4 Å². The summed E-state index contributed by atoms with van der Waals surface area (Å²) in [6.45, 7) is -1.69. The SMILES string of the molecule is CC(NC(=O)c1cc(C(F)(F)F)cc(C(F)(F)F)c1)c1ncn(-c2ccc(OC(F)F)cn2)n1. The first kappa shape index (κ1) is 24.9. The third kappa shape index (κ3) is 5.96. The van der Waals surface area contributed by atoms with E-state index in [0.29, 0.717) is 12.1 Å². The van der Waals surface area contributed by atoms with Gasteiger partial charge in [-0.15, -0.1) is 5.10 Å². The number of hydrogen-bond donors (Lipinski definition) is 1. The van der Waals surface area contributed by atoms with Crippen LogP contribution in [0.5, 0.6) is 5.75 Å². The van der Waals surface area contributed by atoms with Gasteiger partial charge in [0.2, 0.25) is 0 Å². The van der Waals surface area contributed by atoms with Crippen LogP contribution in [0.25, 0.3) is 5.82 Å². The van der Waals surface area contributed by atoms with E-state index in [4.69, 9.17) is 0 Å². The van der Waals surface area contributed by atoms with E-state index in [0.717, 1.165) is 17.2 Å². The second-order valence-corrected chi connectivity index (χ2v) is 6.77. The van der Waals surface area contributed by atoms with E-state index >= 15 is 0 Å². The maximum Gasteiger partial charge on any atom is 0.416 e. The van der Waals surface area contributed by atoms with Gasteiger partial charge in [0.05, 0.1) is 23.4 Å². The number of carbonyl (C=O) groups excluding carboxylic acids is 1. The summed E-state index contributed by atoms with van der Waals surface area (Å²) < 4.78 is 108. The normalized spacial score (nSPS) is 13.1. The number of nitrogens with zero attached hydrogens (tertiary/aromatic N) is 4. The van der Waals surface area contributed by atoms with Crippen LogP contribution in [0.1, 0.15) is 40.3 Å². The predicted molar refractivity (Wildman–Crippen MR) is 98.1 cm³/mol. The van der Waals surface area contributed by atoms with E-state index in [2.05, 4.69) is 25.1 Å². The van der Waals surface area contributed by atoms with Crippen LogP contribution in [0.2, 0.25) is 0 Å². The molecule has 1 amide bonds. The third-order valence-corrected chi connectivity index (χ3v) is 4.27. The molecule has 3 aromatic rings. The fraction of sp³-hybridized carbons (Fsp3) is 0.263. The molecule has 3 rings (SSSR count). The molecule has 2 aromatic heterocycles. The van der Waals surface area contributed by atoms with Gasteiger partial charge in [0.25, 0.3) is 5.91 Å². The highest BCUT2D eigenvalue weighted by molar-refractivity contribution is 5.94. The summed E-state index contributed by atoms with van der Waals surface area (Å²) in [6, 6.07) is 1.95. The summed E-state index contributed by atoms with van der Waals surface area (Å²) in [6.07, 6.45) is -8.06. The zero-order valence-corrected chi connectivity index (χ0v) is 16.8. The van der Waals surface area contributed by atoms with Crippen LogP contribution in [0.3, 0.4) is 0 Å². The maximum absolute atomic E-state index is 13.0. The number of pyridine rings is 1. The van der Waals surface area contributed by atoms with Crippen molar-refractivity contribution in [1.82, 2.24) is 25.1 Å². The molecule has 0 saturated heterocycles. The molecule has 2 heterocycles. The molecule has 0 saturated carbocycles. The Morgan fingerprint density at radius 3 is 2.12 bits per heavy atom. The van der Waals surface area contributed by atoms with Gasteiger partial charge in [-0.3, -0.25) is 4.79 Å². The van der Waals surface area contributed by atoms with Gasteiger partial charge in [-0.1, -0.05) is 0 Å². The number of hydrogen-bond acceptors (Lipinski definition) is 5. The van der Waals surface area contributed by atoms with Gasteiger partial charge < -0.3 is 10.1 Å². The van der Waals surface area contributed by atoms with E-state index in [1.165, 1.54) is 19.1 Å². The number of amides is 1. The van der Waals surface area contributed by atoms with Gasteiger partial charge >= 0.3 is 19.0 Å². The highest BCUT2D eigenvalue weighted by atomic mass is 19.4. The largest absolute Gasteiger partial charge is 0.433 e. The number of nitrogens with one attached hydrogen (secondary N) is 1. The van der Waals surface area contributed by atoms with E-state index in [1.807, 2.05) is 0 Å². The average Bonchev–Trinajstić information content (AvgIpc) is 3.22. The molecule has 0 radical (unpaired) electrons. The summed E-state index contributed by atoms with van der Waals surface area (Å²) >= 11 is 0. The lowest BCUT2D eigenvalue weighted by atomic mass is 10.0. The minimum atomic E-state index is -5.11. The summed E-state index contributed by atoms with van der Waals surface area (Å²) in [5.74, 6) is -1.34. The molecule has 1 atom stereocenters. The van der Waals surface area contributed by atoms with Crippen LogP contribution >= 0.6 is 0 Å². The number of rotatable bonds is 6. The summed E-state index contributed by atoms with van der Waals surface area (Å²) in [5.41, 5.74) is -4.12. The van der Waals surface area contributed by atoms with Crippen molar-refractivity contribution in [2.75, 3.05) is 0 Å². The van der Waals surface area contributed by atoms with Crippen molar-refractivity contribution >= 4 is 5.91 Å². The number of ether oxygens (including phenoxy) is 1. The zero-order chi connectivity index (χ0) is 25.3. The van der Waals surface area contributed by atoms with Gasteiger partial charge in [-0.25, -0.2) is 14.6 Å². The number of halogens is 8. The third-order valence-electron chi connectivity index (χ3n) is 4.27. The highest BCUT2D eigenvalue weighted by Gasteiger charge is 2.37. The van der Waals surface area contributed by atoms with Crippen molar-refractivity contribution in [2.45, 2.75) is 31.9 Å².